The SMILES string of the molecule is CN(CCCCCCON)C(=O)/C=C\C=O. The van der Waals surface area contributed by atoms with Crippen LogP contribution in [0.3, 0.4) is 0 Å². The van der Waals surface area contributed by atoms with Crippen LogP contribution >= 0.6 is 0 Å². The van der Waals surface area contributed by atoms with Gasteiger partial charge in [0.1, 0.15) is 6.29 Å². The molecule has 0 bridgehead atoms. The van der Waals surface area contributed by atoms with E-state index in [2.05, 4.69) is 4.84 Å². The maximum atomic E-state index is 11.3. The third-order valence-electron chi connectivity index (χ3n) is 2.20. The van der Waals surface area contributed by atoms with Crippen molar-refractivity contribution in [2.75, 3.05) is 20.2 Å². The Morgan fingerprint density at radius 1 is 1.31 bits per heavy atom. The number of carbonyl (C=O) groups is 2. The molecule has 0 unspecified atom stereocenters. The van der Waals surface area contributed by atoms with Crippen molar-refractivity contribution < 1.29 is 14.4 Å². The van der Waals surface area contributed by atoms with Gasteiger partial charge in [-0.25, -0.2) is 5.90 Å². The Kier molecular flexibility index (Phi) is 9.55. The van der Waals surface area contributed by atoms with Gasteiger partial charge >= 0.3 is 0 Å². The summed E-state index contributed by atoms with van der Waals surface area (Å²) in [6.07, 6.45) is 7.05. The number of aldehydes is 1. The predicted octanol–water partition coefficient (Wildman–Crippen LogP) is 0.651. The fourth-order valence-corrected chi connectivity index (χ4v) is 1.25. The van der Waals surface area contributed by atoms with E-state index in [0.29, 0.717) is 19.4 Å². The summed E-state index contributed by atoms with van der Waals surface area (Å²) in [7, 11) is 1.72. The number of nitrogens with two attached hydrogens (primary N) is 1. The van der Waals surface area contributed by atoms with Gasteiger partial charge in [-0.05, 0) is 18.9 Å². The summed E-state index contributed by atoms with van der Waals surface area (Å²) < 4.78 is 0. The molecule has 0 saturated carbocycles. The number of rotatable bonds is 9. The lowest BCUT2D eigenvalue weighted by Gasteiger charge is -2.14. The van der Waals surface area contributed by atoms with Crippen LogP contribution < -0.4 is 5.90 Å². The largest absolute Gasteiger partial charge is 0.342 e. The van der Waals surface area contributed by atoms with Gasteiger partial charge in [-0.3, -0.25) is 9.59 Å². The molecule has 0 radical (unpaired) electrons. The van der Waals surface area contributed by atoms with Crippen molar-refractivity contribution in [2.45, 2.75) is 25.7 Å². The molecule has 0 aromatic rings. The summed E-state index contributed by atoms with van der Waals surface area (Å²) >= 11 is 0. The van der Waals surface area contributed by atoms with Gasteiger partial charge in [0, 0.05) is 19.7 Å². The van der Waals surface area contributed by atoms with Crippen molar-refractivity contribution in [2.24, 2.45) is 5.90 Å². The van der Waals surface area contributed by atoms with Crippen LogP contribution in [0.25, 0.3) is 0 Å². The van der Waals surface area contributed by atoms with Crippen molar-refractivity contribution in [1.82, 2.24) is 4.90 Å². The quantitative estimate of drug-likeness (QED) is 0.272. The zero-order valence-corrected chi connectivity index (χ0v) is 9.72. The monoisotopic (exact) mass is 228 g/mol. The first-order valence-electron chi connectivity index (χ1n) is 5.41. The van der Waals surface area contributed by atoms with E-state index in [1.807, 2.05) is 0 Å². The van der Waals surface area contributed by atoms with Crippen LogP contribution in [-0.4, -0.2) is 37.3 Å². The molecular formula is C11H20N2O3. The average molecular weight is 228 g/mol. The zero-order chi connectivity index (χ0) is 12.2. The van der Waals surface area contributed by atoms with Crippen LogP contribution in [0.5, 0.6) is 0 Å². The minimum atomic E-state index is -0.141. The molecule has 5 heteroatoms. The number of allylic oxidation sites excluding steroid dienone is 1. The van der Waals surface area contributed by atoms with E-state index in [-0.39, 0.29) is 5.91 Å². The second kappa shape index (κ2) is 10.3. The first-order chi connectivity index (χ1) is 7.72. The Bertz CT molecular complexity index is 229. The molecule has 1 amide bonds. The first kappa shape index (κ1) is 14.8. The van der Waals surface area contributed by atoms with Gasteiger partial charge in [0.05, 0.1) is 6.61 Å². The molecule has 0 heterocycles. The number of hydrogen-bond donors (Lipinski definition) is 1. The highest BCUT2D eigenvalue weighted by molar-refractivity contribution is 5.90. The van der Waals surface area contributed by atoms with Crippen LogP contribution in [0.15, 0.2) is 12.2 Å². The highest BCUT2D eigenvalue weighted by Crippen LogP contribution is 2.01. The van der Waals surface area contributed by atoms with Crippen LogP contribution in [0, 0.1) is 0 Å². The third-order valence-corrected chi connectivity index (χ3v) is 2.20. The van der Waals surface area contributed by atoms with E-state index in [1.165, 1.54) is 12.2 Å². The fourth-order valence-electron chi connectivity index (χ4n) is 1.25. The van der Waals surface area contributed by atoms with Crippen LogP contribution in [0.1, 0.15) is 25.7 Å². The van der Waals surface area contributed by atoms with E-state index in [9.17, 15) is 9.59 Å². The molecule has 0 saturated heterocycles. The summed E-state index contributed by atoms with van der Waals surface area (Å²) in [6, 6.07) is 0. The van der Waals surface area contributed by atoms with Crippen LogP contribution in [0.2, 0.25) is 0 Å². The van der Waals surface area contributed by atoms with Gasteiger partial charge < -0.3 is 9.74 Å². The molecule has 0 rings (SSSR count). The summed E-state index contributed by atoms with van der Waals surface area (Å²) in [6.45, 7) is 1.28. The Morgan fingerprint density at radius 2 is 2.00 bits per heavy atom. The van der Waals surface area contributed by atoms with E-state index in [0.717, 1.165) is 25.7 Å². The molecule has 0 aliphatic carbocycles. The van der Waals surface area contributed by atoms with Crippen molar-refractivity contribution in [3.63, 3.8) is 0 Å². The summed E-state index contributed by atoms with van der Waals surface area (Å²) in [5, 5.41) is 0. The molecule has 16 heavy (non-hydrogen) atoms. The molecule has 0 aromatic heterocycles. The molecule has 0 aliphatic rings. The Balaban J connectivity index is 3.49. The fraction of sp³-hybridized carbons (Fsp3) is 0.636. The average Bonchev–Trinajstić information content (AvgIpc) is 2.30. The van der Waals surface area contributed by atoms with Crippen LogP contribution in [-0.2, 0) is 14.4 Å². The van der Waals surface area contributed by atoms with E-state index < -0.39 is 0 Å². The molecule has 92 valence electrons. The van der Waals surface area contributed by atoms with E-state index in [1.54, 1.807) is 11.9 Å². The normalized spacial score (nSPS) is 10.6. The molecule has 0 aromatic carbocycles. The topological polar surface area (TPSA) is 72.6 Å². The summed E-state index contributed by atoms with van der Waals surface area (Å²) in [5.41, 5.74) is 0. The number of nitrogens with zero attached hydrogens (tertiary/aromatic N) is 1. The van der Waals surface area contributed by atoms with Gasteiger partial charge in [-0.15, -0.1) is 0 Å². The summed E-state index contributed by atoms with van der Waals surface area (Å²) in [4.78, 5) is 27.4. The molecule has 2 N–H and O–H groups in total. The standard InChI is InChI=1S/C11H20N2O3/c1-13(11(15)7-6-9-14)8-4-2-3-5-10-16-12/h6-7,9H,2-5,8,10,12H2,1H3/b7-6-. The molecule has 5 nitrogen and oxygen atoms in total. The smallest absolute Gasteiger partial charge is 0.246 e. The number of unbranched alkanes of at least 4 members (excludes halogenated alkanes) is 3. The maximum Gasteiger partial charge on any atom is 0.246 e. The molecule has 0 atom stereocenters. The van der Waals surface area contributed by atoms with E-state index >= 15 is 0 Å². The van der Waals surface area contributed by atoms with Crippen molar-refractivity contribution in [3.8, 4) is 0 Å². The van der Waals surface area contributed by atoms with Gasteiger partial charge in [0.15, 0.2) is 0 Å². The Labute approximate surface area is 96.2 Å². The van der Waals surface area contributed by atoms with Crippen molar-refractivity contribution >= 4 is 12.2 Å². The van der Waals surface area contributed by atoms with Crippen LogP contribution in [0.4, 0.5) is 0 Å². The summed E-state index contributed by atoms with van der Waals surface area (Å²) in [5.74, 6) is 4.75. The number of carbonyl (C=O) groups excluding carboxylic acids is 2. The molecule has 0 spiro atoms. The lowest BCUT2D eigenvalue weighted by atomic mass is 10.2. The predicted molar refractivity (Wildman–Crippen MR) is 61.4 cm³/mol. The van der Waals surface area contributed by atoms with Gasteiger partial charge in [0.2, 0.25) is 5.91 Å². The van der Waals surface area contributed by atoms with Gasteiger partial charge in [-0.2, -0.15) is 0 Å². The van der Waals surface area contributed by atoms with Crippen molar-refractivity contribution in [1.29, 1.82) is 0 Å². The number of likely N-dealkylation sites (N-methyl/N-ethyl adjacent to an activating group) is 1. The van der Waals surface area contributed by atoms with E-state index in [4.69, 9.17) is 5.90 Å². The second-order valence-electron chi connectivity index (χ2n) is 3.54. The highest BCUT2D eigenvalue weighted by Gasteiger charge is 2.03. The second-order valence-corrected chi connectivity index (χ2v) is 3.54. The Hall–Kier alpha value is -1.20. The lowest BCUT2D eigenvalue weighted by molar-refractivity contribution is -0.125. The van der Waals surface area contributed by atoms with Gasteiger partial charge in [0.25, 0.3) is 0 Å². The first-order valence-corrected chi connectivity index (χ1v) is 5.41. The number of amides is 1. The molecule has 0 fully saturated rings. The lowest BCUT2D eigenvalue weighted by Crippen LogP contribution is -2.25. The highest BCUT2D eigenvalue weighted by atomic mass is 16.6. The van der Waals surface area contributed by atoms with Gasteiger partial charge in [-0.1, -0.05) is 12.8 Å². The number of hydrogen-bond acceptors (Lipinski definition) is 4. The third kappa shape index (κ3) is 8.14. The zero-order valence-electron chi connectivity index (χ0n) is 9.72. The molecule has 0 aliphatic heterocycles. The minimum Gasteiger partial charge on any atom is -0.342 e. The molecular weight excluding hydrogens is 208 g/mol. The minimum absolute atomic E-state index is 0.141. The Morgan fingerprint density at radius 3 is 2.62 bits per heavy atom. The maximum absolute atomic E-state index is 11.3. The van der Waals surface area contributed by atoms with Crippen molar-refractivity contribution in [3.05, 3.63) is 12.2 Å².